The van der Waals surface area contributed by atoms with Crippen molar-refractivity contribution in [1.29, 1.82) is 0 Å². The molecular weight excluding hydrogens is 457 g/mol. The van der Waals surface area contributed by atoms with Crippen molar-refractivity contribution in [3.63, 3.8) is 0 Å². The molecule has 174 valence electrons. The van der Waals surface area contributed by atoms with Gasteiger partial charge in [-0.3, -0.25) is 14.6 Å². The molecule has 0 amide bonds. The fourth-order valence-corrected chi connectivity index (χ4v) is 3.25. The number of pyridine rings is 2. The molecule has 2 heterocycles. The van der Waals surface area contributed by atoms with Gasteiger partial charge in [-0.15, -0.1) is 0 Å². The van der Waals surface area contributed by atoms with E-state index in [-0.39, 0.29) is 16.8 Å². The molecule has 0 N–H and O–H groups in total. The monoisotopic (exact) mass is 472 g/mol. The maximum absolute atomic E-state index is 14.4. The number of halogens is 7. The fourth-order valence-electron chi connectivity index (χ4n) is 3.25. The summed E-state index contributed by atoms with van der Waals surface area (Å²) in [7, 11) is 0. The fraction of sp³-hybridized carbons (Fsp3) is 0.227. The van der Waals surface area contributed by atoms with Crippen LogP contribution in [0.15, 0.2) is 65.7 Å². The molecule has 0 aliphatic heterocycles. The number of aromatic nitrogens is 2. The summed E-state index contributed by atoms with van der Waals surface area (Å²) in [6.07, 6.45) is -7.83. The summed E-state index contributed by atoms with van der Waals surface area (Å²) in [6.45, 7) is -1.61. The SMILES string of the molecule is O=C(C[C@@H](c1ccc(C(F)(F)F)cc1)c1ncccc1F)c1ccc(=O)n(CC(F)(F)F)c1. The van der Waals surface area contributed by atoms with Crippen molar-refractivity contribution >= 4 is 5.78 Å². The van der Waals surface area contributed by atoms with Gasteiger partial charge in [-0.05, 0) is 35.9 Å². The number of benzene rings is 1. The quantitative estimate of drug-likeness (QED) is 0.358. The van der Waals surface area contributed by atoms with E-state index in [0.29, 0.717) is 4.57 Å². The highest BCUT2D eigenvalue weighted by molar-refractivity contribution is 5.96. The van der Waals surface area contributed by atoms with Gasteiger partial charge in [-0.25, -0.2) is 4.39 Å². The second-order valence-corrected chi connectivity index (χ2v) is 7.17. The van der Waals surface area contributed by atoms with Crippen molar-refractivity contribution in [2.75, 3.05) is 0 Å². The van der Waals surface area contributed by atoms with Crippen molar-refractivity contribution in [3.05, 3.63) is 99.5 Å². The van der Waals surface area contributed by atoms with Crippen LogP contribution in [0.3, 0.4) is 0 Å². The number of hydrogen-bond acceptors (Lipinski definition) is 3. The second-order valence-electron chi connectivity index (χ2n) is 7.17. The highest BCUT2D eigenvalue weighted by Crippen LogP contribution is 2.34. The van der Waals surface area contributed by atoms with Crippen molar-refractivity contribution in [2.24, 2.45) is 0 Å². The number of nitrogens with zero attached hydrogens (tertiary/aromatic N) is 2. The molecule has 0 fully saturated rings. The van der Waals surface area contributed by atoms with Crippen molar-refractivity contribution < 1.29 is 35.5 Å². The van der Waals surface area contributed by atoms with E-state index < -0.39 is 54.0 Å². The van der Waals surface area contributed by atoms with Crippen LogP contribution in [0, 0.1) is 5.82 Å². The normalized spacial score (nSPS) is 13.1. The average molecular weight is 472 g/mol. The van der Waals surface area contributed by atoms with Gasteiger partial charge in [0.25, 0.3) is 5.56 Å². The van der Waals surface area contributed by atoms with Gasteiger partial charge in [0.1, 0.15) is 12.4 Å². The van der Waals surface area contributed by atoms with E-state index in [1.165, 1.54) is 12.3 Å². The third-order valence-corrected chi connectivity index (χ3v) is 4.80. The zero-order valence-electron chi connectivity index (χ0n) is 16.6. The average Bonchev–Trinajstić information content (AvgIpc) is 2.72. The third-order valence-electron chi connectivity index (χ3n) is 4.80. The Labute approximate surface area is 182 Å². The highest BCUT2D eigenvalue weighted by atomic mass is 19.4. The molecule has 0 unspecified atom stereocenters. The summed E-state index contributed by atoms with van der Waals surface area (Å²) in [5.41, 5.74) is -2.23. The molecule has 0 bridgehead atoms. The van der Waals surface area contributed by atoms with E-state index in [1.807, 2.05) is 0 Å². The summed E-state index contributed by atoms with van der Waals surface area (Å²) in [4.78, 5) is 28.4. The lowest BCUT2D eigenvalue weighted by atomic mass is 9.88. The first-order chi connectivity index (χ1) is 15.3. The van der Waals surface area contributed by atoms with E-state index in [4.69, 9.17) is 0 Å². The number of carbonyl (C=O) groups excluding carboxylic acids is 1. The Kier molecular flexibility index (Phi) is 6.71. The first-order valence-corrected chi connectivity index (χ1v) is 9.43. The zero-order valence-corrected chi connectivity index (χ0v) is 16.6. The molecule has 0 saturated heterocycles. The highest BCUT2D eigenvalue weighted by Gasteiger charge is 2.32. The first-order valence-electron chi connectivity index (χ1n) is 9.43. The Morgan fingerprint density at radius 2 is 1.64 bits per heavy atom. The van der Waals surface area contributed by atoms with Crippen LogP contribution in [0.25, 0.3) is 0 Å². The first kappa shape index (κ1) is 24.1. The number of rotatable bonds is 6. The molecule has 2 aromatic heterocycles. The van der Waals surface area contributed by atoms with Crippen molar-refractivity contribution in [2.45, 2.75) is 31.2 Å². The van der Waals surface area contributed by atoms with Crippen LogP contribution < -0.4 is 5.56 Å². The Bertz CT molecular complexity index is 1200. The van der Waals surface area contributed by atoms with Crippen LogP contribution in [0.4, 0.5) is 30.7 Å². The van der Waals surface area contributed by atoms with Gasteiger partial charge >= 0.3 is 12.4 Å². The molecule has 3 aromatic rings. The Hall–Kier alpha value is -3.50. The molecule has 4 nitrogen and oxygen atoms in total. The van der Waals surface area contributed by atoms with Crippen molar-refractivity contribution in [3.8, 4) is 0 Å². The molecular formula is C22H15F7N2O2. The Morgan fingerprint density at radius 3 is 2.21 bits per heavy atom. The predicted octanol–water partition coefficient (Wildman–Crippen LogP) is 5.37. The van der Waals surface area contributed by atoms with Gasteiger partial charge in [-0.2, -0.15) is 26.3 Å². The van der Waals surface area contributed by atoms with Gasteiger partial charge in [0.2, 0.25) is 0 Å². The summed E-state index contributed by atoms with van der Waals surface area (Å²) < 4.78 is 91.5. The topological polar surface area (TPSA) is 52.0 Å². The smallest absolute Gasteiger partial charge is 0.306 e. The standard InChI is InChI=1S/C22H15F7N2O2/c23-17-2-1-9-30-20(17)16(13-3-6-15(7-4-13)22(27,28)29)10-18(32)14-5-8-19(33)31(11-14)12-21(24,25)26/h1-9,11,16H,10,12H2/t16-/m0/s1. The zero-order chi connectivity index (χ0) is 24.4. The van der Waals surface area contributed by atoms with Crippen LogP contribution in [-0.4, -0.2) is 21.5 Å². The number of Topliss-reactive ketones (excluding diaryl/α,β-unsaturated/α-hetero) is 1. The number of ketones is 1. The minimum atomic E-state index is -4.70. The van der Waals surface area contributed by atoms with E-state index in [9.17, 15) is 40.3 Å². The van der Waals surface area contributed by atoms with Gasteiger partial charge in [0, 0.05) is 36.4 Å². The molecule has 0 saturated carbocycles. The van der Waals surface area contributed by atoms with Gasteiger partial charge in [-0.1, -0.05) is 12.1 Å². The molecule has 0 aliphatic rings. The Morgan fingerprint density at radius 1 is 0.970 bits per heavy atom. The summed E-state index contributed by atoms with van der Waals surface area (Å²) in [5, 5.41) is 0. The molecule has 11 heteroatoms. The number of carbonyl (C=O) groups is 1. The molecule has 1 atom stereocenters. The number of alkyl halides is 6. The lowest BCUT2D eigenvalue weighted by molar-refractivity contribution is -0.141. The molecule has 0 spiro atoms. The minimum Gasteiger partial charge on any atom is -0.306 e. The lowest BCUT2D eigenvalue weighted by Gasteiger charge is -2.18. The van der Waals surface area contributed by atoms with Crippen molar-refractivity contribution in [1.82, 2.24) is 9.55 Å². The summed E-state index contributed by atoms with van der Waals surface area (Å²) in [5.74, 6) is -2.68. The lowest BCUT2D eigenvalue weighted by Crippen LogP contribution is -2.28. The van der Waals surface area contributed by atoms with Crippen LogP contribution in [0.5, 0.6) is 0 Å². The molecule has 0 radical (unpaired) electrons. The maximum atomic E-state index is 14.4. The number of hydrogen-bond donors (Lipinski definition) is 0. The summed E-state index contributed by atoms with van der Waals surface area (Å²) >= 11 is 0. The van der Waals surface area contributed by atoms with Gasteiger partial charge in [0.05, 0.1) is 11.3 Å². The van der Waals surface area contributed by atoms with Gasteiger partial charge < -0.3 is 4.57 Å². The van der Waals surface area contributed by atoms with E-state index in [2.05, 4.69) is 4.98 Å². The molecule has 33 heavy (non-hydrogen) atoms. The van der Waals surface area contributed by atoms with E-state index >= 15 is 0 Å². The van der Waals surface area contributed by atoms with Crippen LogP contribution in [-0.2, 0) is 12.7 Å². The second kappa shape index (κ2) is 9.16. The van der Waals surface area contributed by atoms with Crippen LogP contribution >= 0.6 is 0 Å². The van der Waals surface area contributed by atoms with Crippen LogP contribution in [0.2, 0.25) is 0 Å². The maximum Gasteiger partial charge on any atom is 0.416 e. The minimum absolute atomic E-state index is 0.151. The summed E-state index contributed by atoms with van der Waals surface area (Å²) in [6, 6.07) is 7.90. The molecule has 0 aliphatic carbocycles. The third kappa shape index (κ3) is 6.05. The predicted molar refractivity (Wildman–Crippen MR) is 103 cm³/mol. The largest absolute Gasteiger partial charge is 0.416 e. The van der Waals surface area contributed by atoms with Crippen LogP contribution in [0.1, 0.15) is 39.5 Å². The molecule has 3 rings (SSSR count). The van der Waals surface area contributed by atoms with E-state index in [0.717, 1.165) is 48.7 Å². The van der Waals surface area contributed by atoms with E-state index in [1.54, 1.807) is 0 Å². The Balaban J connectivity index is 1.98. The van der Waals surface area contributed by atoms with Gasteiger partial charge in [0.15, 0.2) is 5.78 Å². The molecule has 1 aromatic carbocycles.